The maximum Gasteiger partial charge on any atom is 0.306 e. The maximum atomic E-state index is 12.8. The summed E-state index contributed by atoms with van der Waals surface area (Å²) in [6, 6.07) is 0. The van der Waals surface area contributed by atoms with Crippen LogP contribution < -0.4 is 0 Å². The highest BCUT2D eigenvalue weighted by Crippen LogP contribution is 2.13. The van der Waals surface area contributed by atoms with Crippen molar-refractivity contribution < 1.29 is 28.6 Å². The Balaban J connectivity index is 4.28. The van der Waals surface area contributed by atoms with Crippen molar-refractivity contribution in [1.82, 2.24) is 0 Å². The molecule has 74 heavy (non-hydrogen) atoms. The molecule has 0 aromatic heterocycles. The van der Waals surface area contributed by atoms with Crippen LogP contribution in [0.25, 0.3) is 0 Å². The molecule has 414 valence electrons. The summed E-state index contributed by atoms with van der Waals surface area (Å²) in [5.41, 5.74) is 0. The van der Waals surface area contributed by atoms with Gasteiger partial charge in [-0.25, -0.2) is 0 Å². The fourth-order valence-electron chi connectivity index (χ4n) is 7.39. The van der Waals surface area contributed by atoms with Crippen molar-refractivity contribution in [3.8, 4) is 0 Å². The Morgan fingerprint density at radius 3 is 0.851 bits per heavy atom. The lowest BCUT2D eigenvalue weighted by Gasteiger charge is -2.18. The van der Waals surface area contributed by atoms with Crippen LogP contribution in [0.2, 0.25) is 0 Å². The van der Waals surface area contributed by atoms with Gasteiger partial charge in [-0.15, -0.1) is 0 Å². The van der Waals surface area contributed by atoms with Crippen molar-refractivity contribution in [1.29, 1.82) is 0 Å². The van der Waals surface area contributed by atoms with Crippen molar-refractivity contribution in [3.05, 3.63) is 158 Å². The van der Waals surface area contributed by atoms with E-state index in [0.29, 0.717) is 12.8 Å². The zero-order valence-corrected chi connectivity index (χ0v) is 47.3. The number of hydrogen-bond acceptors (Lipinski definition) is 6. The molecule has 0 fully saturated rings. The van der Waals surface area contributed by atoms with Crippen LogP contribution in [0.4, 0.5) is 0 Å². The third-order valence-corrected chi connectivity index (χ3v) is 11.7. The predicted octanol–water partition coefficient (Wildman–Crippen LogP) is 20.1. The van der Waals surface area contributed by atoms with E-state index in [9.17, 15) is 14.4 Å². The van der Waals surface area contributed by atoms with Crippen molar-refractivity contribution >= 4 is 17.9 Å². The third kappa shape index (κ3) is 57.9. The Labute approximate surface area is 454 Å². The van der Waals surface area contributed by atoms with Gasteiger partial charge in [0.05, 0.1) is 0 Å². The van der Waals surface area contributed by atoms with Crippen LogP contribution in [0, 0.1) is 0 Å². The van der Waals surface area contributed by atoms with Gasteiger partial charge >= 0.3 is 17.9 Å². The molecule has 0 saturated heterocycles. The molecular formula is C68H106O6. The molecule has 0 heterocycles. The van der Waals surface area contributed by atoms with Crippen LogP contribution in [-0.2, 0) is 28.6 Å². The fraction of sp³-hybridized carbons (Fsp3) is 0.574. The quantitative estimate of drug-likeness (QED) is 0.0261. The topological polar surface area (TPSA) is 78.9 Å². The minimum Gasteiger partial charge on any atom is -0.462 e. The largest absolute Gasteiger partial charge is 0.462 e. The number of hydrogen-bond donors (Lipinski definition) is 0. The van der Waals surface area contributed by atoms with E-state index in [-0.39, 0.29) is 37.5 Å². The molecule has 0 aromatic rings. The second-order valence-corrected chi connectivity index (χ2v) is 18.8. The summed E-state index contributed by atoms with van der Waals surface area (Å²) in [4.78, 5) is 38.0. The average molecular weight is 1020 g/mol. The van der Waals surface area contributed by atoms with E-state index in [1.807, 2.05) is 0 Å². The third-order valence-electron chi connectivity index (χ3n) is 11.7. The average Bonchev–Trinajstić information content (AvgIpc) is 3.40. The molecule has 0 saturated carbocycles. The van der Waals surface area contributed by atoms with Gasteiger partial charge in [-0.05, 0) is 141 Å². The van der Waals surface area contributed by atoms with Crippen LogP contribution in [0.5, 0.6) is 0 Å². The number of unbranched alkanes of at least 4 members (excludes halogenated alkanes) is 14. The highest BCUT2D eigenvalue weighted by Gasteiger charge is 2.19. The molecule has 0 aliphatic heterocycles. The van der Waals surface area contributed by atoms with E-state index < -0.39 is 6.10 Å². The molecule has 0 N–H and O–H groups in total. The Hall–Kier alpha value is -4.97. The molecule has 0 amide bonds. The molecule has 6 nitrogen and oxygen atoms in total. The van der Waals surface area contributed by atoms with E-state index in [4.69, 9.17) is 14.2 Å². The van der Waals surface area contributed by atoms with E-state index in [1.165, 1.54) is 12.8 Å². The number of carbonyl (C=O) groups excluding carboxylic acids is 3. The second kappa shape index (κ2) is 60.6. The van der Waals surface area contributed by atoms with Crippen LogP contribution >= 0.6 is 0 Å². The van der Waals surface area contributed by atoms with Gasteiger partial charge in [0.15, 0.2) is 6.10 Å². The van der Waals surface area contributed by atoms with E-state index in [2.05, 4.69) is 179 Å². The lowest BCUT2D eigenvalue weighted by Crippen LogP contribution is -2.30. The van der Waals surface area contributed by atoms with Gasteiger partial charge < -0.3 is 14.2 Å². The minimum absolute atomic E-state index is 0.107. The van der Waals surface area contributed by atoms with E-state index in [1.54, 1.807) is 0 Å². The molecule has 6 heteroatoms. The Kier molecular flexibility index (Phi) is 56.5. The fourth-order valence-corrected chi connectivity index (χ4v) is 7.39. The molecule has 0 bridgehead atoms. The molecule has 0 rings (SSSR count). The first-order valence-corrected chi connectivity index (χ1v) is 29.5. The summed E-state index contributed by atoms with van der Waals surface area (Å²) < 4.78 is 16.8. The summed E-state index contributed by atoms with van der Waals surface area (Å²) in [6.45, 7) is 6.28. The maximum absolute atomic E-state index is 12.8. The van der Waals surface area contributed by atoms with E-state index in [0.717, 1.165) is 180 Å². The molecule has 1 unspecified atom stereocenters. The summed E-state index contributed by atoms with van der Waals surface area (Å²) in [7, 11) is 0. The Bertz CT molecular complexity index is 1690. The van der Waals surface area contributed by atoms with Gasteiger partial charge in [-0.1, -0.05) is 230 Å². The first-order valence-electron chi connectivity index (χ1n) is 29.5. The summed E-state index contributed by atoms with van der Waals surface area (Å²) in [6.07, 6.45) is 88.3. The Morgan fingerprint density at radius 1 is 0.284 bits per heavy atom. The zero-order chi connectivity index (χ0) is 53.6. The van der Waals surface area contributed by atoms with Gasteiger partial charge in [-0.3, -0.25) is 14.4 Å². The lowest BCUT2D eigenvalue weighted by molar-refractivity contribution is -0.167. The van der Waals surface area contributed by atoms with Gasteiger partial charge in [0.25, 0.3) is 0 Å². The van der Waals surface area contributed by atoms with Crippen LogP contribution in [-0.4, -0.2) is 37.2 Å². The number of rotatable bonds is 51. The smallest absolute Gasteiger partial charge is 0.306 e. The molecule has 0 aliphatic carbocycles. The number of ether oxygens (including phenoxy) is 3. The first kappa shape index (κ1) is 69.0. The lowest BCUT2D eigenvalue weighted by atomic mass is 10.1. The van der Waals surface area contributed by atoms with Crippen LogP contribution in [0.3, 0.4) is 0 Å². The number of carbonyl (C=O) groups is 3. The normalized spacial score (nSPS) is 13.3. The van der Waals surface area contributed by atoms with Gasteiger partial charge in [0, 0.05) is 19.3 Å². The Morgan fingerprint density at radius 2 is 0.527 bits per heavy atom. The van der Waals surface area contributed by atoms with E-state index >= 15 is 0 Å². The van der Waals surface area contributed by atoms with Gasteiger partial charge in [0.1, 0.15) is 13.2 Å². The van der Waals surface area contributed by atoms with Crippen LogP contribution in [0.15, 0.2) is 158 Å². The number of esters is 3. The molecule has 1 atom stereocenters. The van der Waals surface area contributed by atoms with Gasteiger partial charge in [-0.2, -0.15) is 0 Å². The summed E-state index contributed by atoms with van der Waals surface area (Å²) in [5.74, 6) is -0.977. The first-order chi connectivity index (χ1) is 36.5. The molecule has 0 aliphatic rings. The van der Waals surface area contributed by atoms with Gasteiger partial charge in [0.2, 0.25) is 0 Å². The predicted molar refractivity (Wildman–Crippen MR) is 320 cm³/mol. The molecule has 0 aromatic carbocycles. The minimum atomic E-state index is -0.811. The van der Waals surface area contributed by atoms with Crippen molar-refractivity contribution in [2.24, 2.45) is 0 Å². The number of allylic oxidation sites excluding steroid dienone is 26. The monoisotopic (exact) mass is 1020 g/mol. The molecular weight excluding hydrogens is 913 g/mol. The molecule has 0 radical (unpaired) electrons. The zero-order valence-electron chi connectivity index (χ0n) is 47.3. The highest BCUT2D eigenvalue weighted by molar-refractivity contribution is 5.71. The second-order valence-electron chi connectivity index (χ2n) is 18.8. The summed E-state index contributed by atoms with van der Waals surface area (Å²) >= 11 is 0. The SMILES string of the molecule is CC/C=C\C/C=C\C/C=C\C/C=C\C/C=C\C/C=C\C/C=C\C/C=C\C/C=C\CCCCCCCC(=O)OCC(COC(=O)CCCCCCC/C=C\CCC)OC(=O)CCCCC/C=C\C/C=C\C/C=C\CC. The van der Waals surface area contributed by atoms with Crippen molar-refractivity contribution in [2.75, 3.05) is 13.2 Å². The highest BCUT2D eigenvalue weighted by atomic mass is 16.6. The summed E-state index contributed by atoms with van der Waals surface area (Å²) in [5, 5.41) is 0. The van der Waals surface area contributed by atoms with Crippen LogP contribution in [0.1, 0.15) is 233 Å². The van der Waals surface area contributed by atoms with Crippen molar-refractivity contribution in [3.63, 3.8) is 0 Å². The standard InChI is InChI=1S/C68H106O6/c1-4-7-10-13-16-19-22-24-25-26-27-28-29-30-31-32-33-34-35-36-37-38-39-40-41-42-43-45-46-49-52-55-58-61-67(70)73-64-65(63-72-66(69)60-57-54-51-48-21-18-15-12-9-6-3)74-68(71)62-59-56-53-50-47-44-23-20-17-14-11-8-5-2/h7-8,10-12,15-17,19-20,24-25,27-28,30-31,33-34,36-37,39-40,42-44,47,65H,4-6,9,13-14,18,21-23,26,29,32,35,38,41,45-46,48-64H2,1-3H3/b10-7-,11-8-,15-12-,19-16-,20-17-,25-24-,28-27-,31-30-,34-33-,37-36-,40-39-,43-42-,47-44-. The van der Waals surface area contributed by atoms with Crippen molar-refractivity contribution in [2.45, 2.75) is 239 Å². The molecule has 0 spiro atoms.